The highest BCUT2D eigenvalue weighted by molar-refractivity contribution is 6.99. The van der Waals surface area contributed by atoms with E-state index in [2.05, 4.69) is 45.0 Å². The van der Waals surface area contributed by atoms with Crippen LogP contribution < -0.4 is 10.4 Å². The Morgan fingerprint density at radius 2 is 1.46 bits per heavy atom. The van der Waals surface area contributed by atoms with Crippen LogP contribution in [-0.4, -0.2) is 43.6 Å². The van der Waals surface area contributed by atoms with E-state index in [0.29, 0.717) is 0 Å². The zero-order chi connectivity index (χ0) is 18.8. The molecular formula is C21H28O4Si. The van der Waals surface area contributed by atoms with Gasteiger partial charge in [-0.3, -0.25) is 0 Å². The van der Waals surface area contributed by atoms with Gasteiger partial charge in [0.15, 0.2) is 6.29 Å². The van der Waals surface area contributed by atoms with Crippen LogP contribution in [0.15, 0.2) is 60.7 Å². The topological polar surface area (TPSA) is 58.9 Å². The number of benzene rings is 2. The highest BCUT2D eigenvalue weighted by atomic mass is 28.4. The van der Waals surface area contributed by atoms with Gasteiger partial charge in [0.2, 0.25) is 0 Å². The largest absolute Gasteiger partial charge is 0.405 e. The lowest BCUT2D eigenvalue weighted by atomic mass is 10.2. The number of rotatable bonds is 5. The summed E-state index contributed by atoms with van der Waals surface area (Å²) in [6.07, 6.45) is -1.90. The molecule has 26 heavy (non-hydrogen) atoms. The molecule has 3 rings (SSSR count). The van der Waals surface area contributed by atoms with Crippen LogP contribution in [0.3, 0.4) is 0 Å². The maximum Gasteiger partial charge on any atom is 0.261 e. The Balaban J connectivity index is 2.03. The third-order valence-electron chi connectivity index (χ3n) is 5.09. The minimum atomic E-state index is -2.64. The van der Waals surface area contributed by atoms with Gasteiger partial charge in [-0.05, 0) is 15.4 Å². The lowest BCUT2D eigenvalue weighted by molar-refractivity contribution is -0.105. The van der Waals surface area contributed by atoms with E-state index < -0.39 is 26.8 Å². The van der Waals surface area contributed by atoms with Crippen molar-refractivity contribution in [2.45, 2.75) is 50.7 Å². The lowest BCUT2D eigenvalue weighted by Gasteiger charge is -2.43. The van der Waals surface area contributed by atoms with E-state index in [1.165, 1.54) is 10.4 Å². The van der Waals surface area contributed by atoms with Crippen molar-refractivity contribution in [3.05, 3.63) is 60.7 Å². The van der Waals surface area contributed by atoms with Gasteiger partial charge in [0.25, 0.3) is 8.32 Å². The first-order valence-electron chi connectivity index (χ1n) is 9.11. The smallest absolute Gasteiger partial charge is 0.261 e. The summed E-state index contributed by atoms with van der Waals surface area (Å²) in [6.45, 7) is 6.88. The van der Waals surface area contributed by atoms with E-state index in [1.54, 1.807) is 0 Å². The van der Waals surface area contributed by atoms with Crippen LogP contribution in [0.2, 0.25) is 5.04 Å². The normalized spacial score (nSPS) is 24.0. The third-order valence-corrected chi connectivity index (χ3v) is 10.1. The van der Waals surface area contributed by atoms with Gasteiger partial charge in [0, 0.05) is 6.42 Å². The molecule has 5 heteroatoms. The quantitative estimate of drug-likeness (QED) is 0.789. The predicted octanol–water partition coefficient (Wildman–Crippen LogP) is 2.03. The van der Waals surface area contributed by atoms with E-state index >= 15 is 0 Å². The number of aliphatic hydroxyl groups excluding tert-OH is 2. The van der Waals surface area contributed by atoms with Gasteiger partial charge >= 0.3 is 0 Å². The molecule has 1 saturated heterocycles. The van der Waals surface area contributed by atoms with E-state index in [1.807, 2.05) is 36.4 Å². The molecule has 0 saturated carbocycles. The highest BCUT2D eigenvalue weighted by Gasteiger charge is 2.51. The van der Waals surface area contributed by atoms with E-state index in [-0.39, 0.29) is 18.1 Å². The monoisotopic (exact) mass is 372 g/mol. The third kappa shape index (κ3) is 3.63. The Kier molecular flexibility index (Phi) is 5.65. The summed E-state index contributed by atoms with van der Waals surface area (Å²) in [5.74, 6) is 0. The number of hydrogen-bond acceptors (Lipinski definition) is 4. The molecule has 0 aliphatic carbocycles. The fraction of sp³-hybridized carbons (Fsp3) is 0.429. The van der Waals surface area contributed by atoms with Crippen LogP contribution in [-0.2, 0) is 9.16 Å². The van der Waals surface area contributed by atoms with Crippen molar-refractivity contribution in [2.75, 3.05) is 6.61 Å². The molecule has 0 spiro atoms. The first kappa shape index (κ1) is 19.3. The maximum absolute atomic E-state index is 10.2. The van der Waals surface area contributed by atoms with Gasteiger partial charge in [0.05, 0.1) is 12.7 Å². The van der Waals surface area contributed by atoms with Gasteiger partial charge in [-0.15, -0.1) is 0 Å². The van der Waals surface area contributed by atoms with Gasteiger partial charge < -0.3 is 19.4 Å². The van der Waals surface area contributed by atoms with Gasteiger partial charge in [-0.25, -0.2) is 0 Å². The van der Waals surface area contributed by atoms with Crippen molar-refractivity contribution in [2.24, 2.45) is 0 Å². The molecule has 140 valence electrons. The predicted molar refractivity (Wildman–Crippen MR) is 105 cm³/mol. The van der Waals surface area contributed by atoms with Crippen LogP contribution in [0.25, 0.3) is 0 Å². The second-order valence-electron chi connectivity index (χ2n) is 7.91. The number of hydrogen-bond donors (Lipinski definition) is 2. The fourth-order valence-electron chi connectivity index (χ4n) is 3.83. The summed E-state index contributed by atoms with van der Waals surface area (Å²) in [7, 11) is -2.64. The van der Waals surface area contributed by atoms with Gasteiger partial charge in [0.1, 0.15) is 6.10 Å². The van der Waals surface area contributed by atoms with Crippen molar-refractivity contribution >= 4 is 18.7 Å². The average molecular weight is 373 g/mol. The molecule has 1 heterocycles. The molecule has 0 bridgehead atoms. The minimum absolute atomic E-state index is 0.127. The minimum Gasteiger partial charge on any atom is -0.405 e. The fourth-order valence-corrected chi connectivity index (χ4v) is 8.40. The second kappa shape index (κ2) is 7.62. The first-order chi connectivity index (χ1) is 12.3. The number of ether oxygens (including phenoxy) is 1. The van der Waals surface area contributed by atoms with E-state index in [4.69, 9.17) is 9.16 Å². The van der Waals surface area contributed by atoms with E-state index in [9.17, 15) is 10.2 Å². The highest BCUT2D eigenvalue weighted by Crippen LogP contribution is 2.37. The molecule has 0 radical (unpaired) electrons. The zero-order valence-corrected chi connectivity index (χ0v) is 16.6. The standard InChI is InChI=1S/C21H28O4Si/c1-21(2,3)26(16-10-6-4-7-11-16,17-12-8-5-9-13-17)24-15-19-18(22)14-20(23)25-19/h4-13,18-20,22-23H,14-15H2,1-3H3/t18?,19-,20?/m1/s1. The molecule has 2 unspecified atom stereocenters. The van der Waals surface area contributed by atoms with Crippen molar-refractivity contribution in [3.8, 4) is 0 Å². The lowest BCUT2D eigenvalue weighted by Crippen LogP contribution is -2.67. The van der Waals surface area contributed by atoms with Crippen LogP contribution in [0, 0.1) is 0 Å². The molecule has 1 aliphatic rings. The van der Waals surface area contributed by atoms with Crippen molar-refractivity contribution in [1.29, 1.82) is 0 Å². The molecule has 1 fully saturated rings. The zero-order valence-electron chi connectivity index (χ0n) is 15.6. The molecule has 2 aromatic rings. The Morgan fingerprint density at radius 1 is 0.962 bits per heavy atom. The van der Waals surface area contributed by atoms with Crippen LogP contribution in [0.5, 0.6) is 0 Å². The van der Waals surface area contributed by atoms with Crippen LogP contribution in [0.4, 0.5) is 0 Å². The Bertz CT molecular complexity index is 659. The summed E-state index contributed by atoms with van der Waals surface area (Å²) in [6, 6.07) is 20.7. The molecule has 2 aromatic carbocycles. The van der Waals surface area contributed by atoms with E-state index in [0.717, 1.165) is 0 Å². The first-order valence-corrected chi connectivity index (χ1v) is 11.0. The molecule has 0 amide bonds. The number of aliphatic hydroxyl groups is 2. The summed E-state index contributed by atoms with van der Waals surface area (Å²) >= 11 is 0. The molecule has 0 aromatic heterocycles. The Hall–Kier alpha value is -1.50. The van der Waals surface area contributed by atoms with Gasteiger partial charge in [-0.1, -0.05) is 81.4 Å². The van der Waals surface area contributed by atoms with Crippen molar-refractivity contribution in [1.82, 2.24) is 0 Å². The SMILES string of the molecule is CC(C)(C)[Si](OC[C@H]1OC(O)CC1O)(c1ccccc1)c1ccccc1. The van der Waals surface area contributed by atoms with Gasteiger partial charge in [-0.2, -0.15) is 0 Å². The molecule has 3 atom stereocenters. The summed E-state index contributed by atoms with van der Waals surface area (Å²) in [5.41, 5.74) is 0. The summed E-state index contributed by atoms with van der Waals surface area (Å²) < 4.78 is 12.2. The molecule has 4 nitrogen and oxygen atoms in total. The molecular weight excluding hydrogens is 344 g/mol. The summed E-state index contributed by atoms with van der Waals surface area (Å²) in [4.78, 5) is 0. The Labute approximate surface area is 156 Å². The van der Waals surface area contributed by atoms with Crippen LogP contribution in [0.1, 0.15) is 27.2 Å². The Morgan fingerprint density at radius 3 is 1.85 bits per heavy atom. The summed E-state index contributed by atoms with van der Waals surface area (Å²) in [5, 5.41) is 22.1. The van der Waals surface area contributed by atoms with Crippen molar-refractivity contribution in [3.63, 3.8) is 0 Å². The second-order valence-corrected chi connectivity index (χ2v) is 12.2. The average Bonchev–Trinajstić information content (AvgIpc) is 2.94. The van der Waals surface area contributed by atoms with Crippen LogP contribution >= 0.6 is 0 Å². The maximum atomic E-state index is 10.2. The van der Waals surface area contributed by atoms with Crippen molar-refractivity contribution < 1.29 is 19.4 Å². The molecule has 2 N–H and O–H groups in total. The molecule has 1 aliphatic heterocycles.